The Hall–Kier alpha value is -3.54. The highest BCUT2D eigenvalue weighted by atomic mass is 16.7. The van der Waals surface area contributed by atoms with Crippen molar-refractivity contribution in [2.24, 2.45) is 0 Å². The summed E-state index contributed by atoms with van der Waals surface area (Å²) < 4.78 is 10.6. The number of carbonyl (C=O) groups excluding carboxylic acids is 1. The number of benzene rings is 2. The minimum absolute atomic E-state index is 0.220. The van der Waals surface area contributed by atoms with Crippen LogP contribution in [0.5, 0.6) is 11.5 Å². The van der Waals surface area contributed by atoms with Crippen molar-refractivity contribution in [3.05, 3.63) is 83.2 Å². The molecule has 1 aromatic heterocycles. The Labute approximate surface area is 163 Å². The van der Waals surface area contributed by atoms with Gasteiger partial charge in [-0.3, -0.25) is 4.79 Å². The van der Waals surface area contributed by atoms with Crippen LogP contribution in [0.2, 0.25) is 0 Å². The molecule has 0 saturated carbocycles. The number of hydrogen-bond donors (Lipinski definition) is 2. The first-order chi connectivity index (χ1) is 13.7. The number of aryl methyl sites for hydroxylation is 1. The van der Waals surface area contributed by atoms with Crippen LogP contribution in [0.4, 0.5) is 5.69 Å². The van der Waals surface area contributed by atoms with Crippen molar-refractivity contribution in [2.45, 2.75) is 20.0 Å². The molecule has 2 aromatic carbocycles. The van der Waals surface area contributed by atoms with E-state index in [9.17, 15) is 4.79 Å². The van der Waals surface area contributed by atoms with Crippen molar-refractivity contribution in [1.82, 2.24) is 10.3 Å². The van der Waals surface area contributed by atoms with Crippen molar-refractivity contribution in [1.29, 1.82) is 0 Å². The fourth-order valence-corrected chi connectivity index (χ4v) is 2.87. The first-order valence-electron chi connectivity index (χ1n) is 9.09. The van der Waals surface area contributed by atoms with E-state index in [2.05, 4.69) is 46.8 Å². The van der Waals surface area contributed by atoms with Crippen LogP contribution in [0, 0.1) is 6.92 Å². The summed E-state index contributed by atoms with van der Waals surface area (Å²) in [6, 6.07) is 17.5. The van der Waals surface area contributed by atoms with Gasteiger partial charge in [0.25, 0.3) is 5.91 Å². The van der Waals surface area contributed by atoms with Crippen LogP contribution >= 0.6 is 0 Å². The van der Waals surface area contributed by atoms with Gasteiger partial charge < -0.3 is 20.1 Å². The molecule has 0 aliphatic carbocycles. The molecular formula is C22H21N3O3. The minimum atomic E-state index is -0.220. The van der Waals surface area contributed by atoms with Crippen LogP contribution in [-0.4, -0.2) is 17.7 Å². The monoisotopic (exact) mass is 375 g/mol. The number of hydrogen-bond acceptors (Lipinski definition) is 5. The molecule has 0 bridgehead atoms. The lowest BCUT2D eigenvalue weighted by molar-refractivity contribution is 0.0946. The number of amides is 1. The zero-order valence-corrected chi connectivity index (χ0v) is 15.6. The molecule has 0 radical (unpaired) electrons. The number of nitrogens with zero attached hydrogens (tertiary/aromatic N) is 1. The zero-order chi connectivity index (χ0) is 19.3. The highest BCUT2D eigenvalue weighted by Gasteiger charge is 2.14. The molecule has 0 fully saturated rings. The van der Waals surface area contributed by atoms with Gasteiger partial charge in [0.15, 0.2) is 11.5 Å². The molecule has 4 rings (SSSR count). The van der Waals surface area contributed by atoms with Gasteiger partial charge in [-0.15, -0.1) is 0 Å². The molecular weight excluding hydrogens is 354 g/mol. The van der Waals surface area contributed by atoms with E-state index < -0.39 is 0 Å². The van der Waals surface area contributed by atoms with Gasteiger partial charge in [0.1, 0.15) is 5.69 Å². The second-order valence-electron chi connectivity index (χ2n) is 6.64. The number of fused-ring (bicyclic) bond motifs is 1. The molecule has 2 heterocycles. The Balaban J connectivity index is 1.30. The van der Waals surface area contributed by atoms with Crippen LogP contribution < -0.4 is 20.1 Å². The molecule has 1 aliphatic rings. The SMILES string of the molecule is Cc1ccc(CNc2ccc(C(=O)NCc3ccc4c(c3)OCO4)nc2)cc1. The molecule has 2 N–H and O–H groups in total. The average molecular weight is 375 g/mol. The molecule has 28 heavy (non-hydrogen) atoms. The average Bonchev–Trinajstić information content (AvgIpc) is 3.20. The fourth-order valence-electron chi connectivity index (χ4n) is 2.87. The van der Waals surface area contributed by atoms with Gasteiger partial charge in [-0.2, -0.15) is 0 Å². The number of pyridine rings is 1. The quantitative estimate of drug-likeness (QED) is 0.688. The summed E-state index contributed by atoms with van der Waals surface area (Å²) in [5.41, 5.74) is 4.61. The zero-order valence-electron chi connectivity index (χ0n) is 15.6. The number of aromatic nitrogens is 1. The maximum absolute atomic E-state index is 12.3. The standard InChI is InChI=1S/C22H21N3O3/c1-15-2-4-16(5-3-15)11-23-18-7-8-19(24-13-18)22(26)25-12-17-6-9-20-21(10-17)28-14-27-20/h2-10,13,23H,11-12,14H2,1H3,(H,25,26). The van der Waals surface area contributed by atoms with Gasteiger partial charge in [-0.1, -0.05) is 35.9 Å². The van der Waals surface area contributed by atoms with E-state index in [1.165, 1.54) is 11.1 Å². The maximum atomic E-state index is 12.3. The number of anilines is 1. The lowest BCUT2D eigenvalue weighted by atomic mass is 10.1. The predicted octanol–water partition coefficient (Wildman–Crippen LogP) is 3.66. The van der Waals surface area contributed by atoms with Gasteiger partial charge in [0.05, 0.1) is 11.9 Å². The lowest BCUT2D eigenvalue weighted by Gasteiger charge is -2.08. The van der Waals surface area contributed by atoms with Crippen molar-refractivity contribution in [2.75, 3.05) is 12.1 Å². The Bertz CT molecular complexity index is 969. The van der Waals surface area contributed by atoms with Crippen LogP contribution in [0.3, 0.4) is 0 Å². The van der Waals surface area contributed by atoms with Crippen LogP contribution in [-0.2, 0) is 13.1 Å². The van der Waals surface area contributed by atoms with Crippen molar-refractivity contribution in [3.63, 3.8) is 0 Å². The van der Waals surface area contributed by atoms with Crippen LogP contribution in [0.15, 0.2) is 60.8 Å². The van der Waals surface area contributed by atoms with Crippen molar-refractivity contribution >= 4 is 11.6 Å². The van der Waals surface area contributed by atoms with Gasteiger partial charge in [0.2, 0.25) is 6.79 Å². The van der Waals surface area contributed by atoms with Crippen LogP contribution in [0.1, 0.15) is 27.2 Å². The first kappa shape index (κ1) is 17.9. The molecule has 0 unspecified atom stereocenters. The molecule has 142 valence electrons. The van der Waals surface area contributed by atoms with Gasteiger partial charge in [-0.25, -0.2) is 4.98 Å². The summed E-state index contributed by atoms with van der Waals surface area (Å²) in [7, 11) is 0. The Kier molecular flexibility index (Phi) is 5.10. The number of ether oxygens (including phenoxy) is 2. The number of carbonyl (C=O) groups is 1. The second-order valence-corrected chi connectivity index (χ2v) is 6.64. The summed E-state index contributed by atoms with van der Waals surface area (Å²) in [5, 5.41) is 6.18. The summed E-state index contributed by atoms with van der Waals surface area (Å²) in [5.74, 6) is 1.21. The van der Waals surface area contributed by atoms with Crippen molar-refractivity contribution in [3.8, 4) is 11.5 Å². The highest BCUT2D eigenvalue weighted by molar-refractivity contribution is 5.92. The third-order valence-electron chi connectivity index (χ3n) is 4.50. The van der Waals surface area contributed by atoms with E-state index in [4.69, 9.17) is 9.47 Å². The highest BCUT2D eigenvalue weighted by Crippen LogP contribution is 2.32. The Morgan fingerprint density at radius 2 is 1.75 bits per heavy atom. The second kappa shape index (κ2) is 8.00. The molecule has 1 amide bonds. The topological polar surface area (TPSA) is 72.5 Å². The largest absolute Gasteiger partial charge is 0.454 e. The first-order valence-corrected chi connectivity index (χ1v) is 9.09. The molecule has 0 atom stereocenters. The Morgan fingerprint density at radius 1 is 0.964 bits per heavy atom. The third-order valence-corrected chi connectivity index (χ3v) is 4.50. The minimum Gasteiger partial charge on any atom is -0.454 e. The van der Waals surface area contributed by atoms with E-state index in [0.717, 1.165) is 17.0 Å². The van der Waals surface area contributed by atoms with Crippen molar-refractivity contribution < 1.29 is 14.3 Å². The number of nitrogens with one attached hydrogen (secondary N) is 2. The van der Waals surface area contributed by atoms with E-state index in [1.54, 1.807) is 12.3 Å². The normalized spacial score (nSPS) is 11.9. The van der Waals surface area contributed by atoms with E-state index in [-0.39, 0.29) is 12.7 Å². The smallest absolute Gasteiger partial charge is 0.270 e. The molecule has 0 spiro atoms. The fraction of sp³-hybridized carbons (Fsp3) is 0.182. The van der Waals surface area contributed by atoms with Gasteiger partial charge in [-0.05, 0) is 42.3 Å². The molecule has 6 heteroatoms. The molecule has 6 nitrogen and oxygen atoms in total. The van der Waals surface area contributed by atoms with E-state index >= 15 is 0 Å². The summed E-state index contributed by atoms with van der Waals surface area (Å²) in [4.78, 5) is 16.6. The van der Waals surface area contributed by atoms with Gasteiger partial charge >= 0.3 is 0 Å². The predicted molar refractivity (Wildman–Crippen MR) is 106 cm³/mol. The number of rotatable bonds is 6. The Morgan fingerprint density at radius 3 is 2.54 bits per heavy atom. The maximum Gasteiger partial charge on any atom is 0.270 e. The molecule has 0 saturated heterocycles. The van der Waals surface area contributed by atoms with Gasteiger partial charge in [0, 0.05) is 13.1 Å². The van der Waals surface area contributed by atoms with E-state index in [1.807, 2.05) is 24.3 Å². The van der Waals surface area contributed by atoms with E-state index in [0.29, 0.717) is 24.5 Å². The molecule has 3 aromatic rings. The summed E-state index contributed by atoms with van der Waals surface area (Å²) in [6.45, 7) is 3.40. The third kappa shape index (κ3) is 4.23. The molecule has 1 aliphatic heterocycles. The lowest BCUT2D eigenvalue weighted by Crippen LogP contribution is -2.23. The summed E-state index contributed by atoms with van der Waals surface area (Å²) >= 11 is 0. The summed E-state index contributed by atoms with van der Waals surface area (Å²) in [6.07, 6.45) is 1.67. The van der Waals surface area contributed by atoms with Crippen LogP contribution in [0.25, 0.3) is 0 Å².